The normalized spacial score (nSPS) is 10.1. The summed E-state index contributed by atoms with van der Waals surface area (Å²) in [6.07, 6.45) is 0. The molecule has 2 aromatic rings. The predicted octanol–water partition coefficient (Wildman–Crippen LogP) is 3.29. The number of thiol groups is 1. The van der Waals surface area contributed by atoms with Crippen LogP contribution in [0.25, 0.3) is 0 Å². The molecular formula is C15H16N2OS. The number of amides is 1. The molecule has 0 saturated heterocycles. The monoisotopic (exact) mass is 272 g/mol. The second-order valence-corrected chi connectivity index (χ2v) is 4.93. The first kappa shape index (κ1) is 13.5. The van der Waals surface area contributed by atoms with Crippen LogP contribution in [0.3, 0.4) is 0 Å². The van der Waals surface area contributed by atoms with E-state index in [0.717, 1.165) is 16.3 Å². The minimum absolute atomic E-state index is 0.123. The molecule has 19 heavy (non-hydrogen) atoms. The third-order valence-corrected chi connectivity index (χ3v) is 3.06. The highest BCUT2D eigenvalue weighted by Crippen LogP contribution is 2.24. The lowest BCUT2D eigenvalue weighted by Gasteiger charge is -2.17. The third kappa shape index (κ3) is 3.29. The Morgan fingerprint density at radius 1 is 1.05 bits per heavy atom. The zero-order valence-corrected chi connectivity index (χ0v) is 11.8. The van der Waals surface area contributed by atoms with Crippen molar-refractivity contribution < 1.29 is 4.79 Å². The molecule has 0 spiro atoms. The lowest BCUT2D eigenvalue weighted by molar-refractivity contribution is 0.102. The fourth-order valence-electron chi connectivity index (χ4n) is 1.78. The molecule has 98 valence electrons. The number of hydrogen-bond donors (Lipinski definition) is 2. The number of nitrogens with one attached hydrogen (secondary N) is 1. The van der Waals surface area contributed by atoms with Crippen molar-refractivity contribution in [2.75, 3.05) is 24.3 Å². The topological polar surface area (TPSA) is 32.3 Å². The molecule has 0 radical (unpaired) electrons. The van der Waals surface area contributed by atoms with Crippen LogP contribution in [-0.4, -0.2) is 20.0 Å². The van der Waals surface area contributed by atoms with E-state index in [9.17, 15) is 4.79 Å². The second-order valence-electron chi connectivity index (χ2n) is 4.41. The quantitative estimate of drug-likeness (QED) is 0.840. The van der Waals surface area contributed by atoms with Gasteiger partial charge < -0.3 is 10.2 Å². The summed E-state index contributed by atoms with van der Waals surface area (Å²) < 4.78 is 0. The van der Waals surface area contributed by atoms with Crippen LogP contribution in [0.4, 0.5) is 11.4 Å². The number of para-hydroxylation sites is 2. The van der Waals surface area contributed by atoms with Crippen molar-refractivity contribution in [2.24, 2.45) is 0 Å². The summed E-state index contributed by atoms with van der Waals surface area (Å²) in [5.74, 6) is -0.123. The van der Waals surface area contributed by atoms with Gasteiger partial charge in [0.2, 0.25) is 0 Å². The smallest absolute Gasteiger partial charge is 0.255 e. The maximum atomic E-state index is 12.1. The third-order valence-electron chi connectivity index (χ3n) is 2.76. The van der Waals surface area contributed by atoms with Crippen LogP contribution in [0.5, 0.6) is 0 Å². The number of rotatable bonds is 3. The zero-order valence-electron chi connectivity index (χ0n) is 10.9. The minimum atomic E-state index is -0.123. The lowest BCUT2D eigenvalue weighted by atomic mass is 10.2. The largest absolute Gasteiger partial charge is 0.376 e. The highest BCUT2D eigenvalue weighted by atomic mass is 32.1. The summed E-state index contributed by atoms with van der Waals surface area (Å²) in [7, 11) is 3.89. The van der Waals surface area contributed by atoms with Gasteiger partial charge in [0.25, 0.3) is 5.91 Å². The van der Waals surface area contributed by atoms with E-state index in [1.807, 2.05) is 43.3 Å². The van der Waals surface area contributed by atoms with Crippen LogP contribution in [0, 0.1) is 0 Å². The van der Waals surface area contributed by atoms with Gasteiger partial charge in [0.05, 0.1) is 11.4 Å². The highest BCUT2D eigenvalue weighted by Gasteiger charge is 2.09. The molecule has 0 bridgehead atoms. The Balaban J connectivity index is 2.22. The number of carbonyl (C=O) groups is 1. The van der Waals surface area contributed by atoms with Gasteiger partial charge in [-0.3, -0.25) is 4.79 Å². The first-order chi connectivity index (χ1) is 9.08. The van der Waals surface area contributed by atoms with Crippen LogP contribution in [0.1, 0.15) is 10.4 Å². The minimum Gasteiger partial charge on any atom is -0.376 e. The number of nitrogens with zero attached hydrogens (tertiary/aromatic N) is 1. The van der Waals surface area contributed by atoms with Crippen LogP contribution < -0.4 is 10.2 Å². The van der Waals surface area contributed by atoms with E-state index in [-0.39, 0.29) is 5.91 Å². The average Bonchev–Trinajstić information content (AvgIpc) is 2.39. The van der Waals surface area contributed by atoms with Crippen LogP contribution in [-0.2, 0) is 0 Å². The molecule has 1 N–H and O–H groups in total. The van der Waals surface area contributed by atoms with Gasteiger partial charge in [0.1, 0.15) is 0 Å². The van der Waals surface area contributed by atoms with Gasteiger partial charge in [0, 0.05) is 24.6 Å². The van der Waals surface area contributed by atoms with Crippen molar-refractivity contribution in [3.63, 3.8) is 0 Å². The van der Waals surface area contributed by atoms with Crippen molar-refractivity contribution >= 4 is 29.9 Å². The molecular weight excluding hydrogens is 256 g/mol. The molecule has 1 amide bonds. The molecule has 0 unspecified atom stereocenters. The van der Waals surface area contributed by atoms with Crippen molar-refractivity contribution in [3.8, 4) is 0 Å². The van der Waals surface area contributed by atoms with E-state index in [2.05, 4.69) is 17.9 Å². The fourth-order valence-corrected chi connectivity index (χ4v) is 1.93. The maximum absolute atomic E-state index is 12.1. The van der Waals surface area contributed by atoms with Gasteiger partial charge in [-0.25, -0.2) is 0 Å². The fraction of sp³-hybridized carbons (Fsp3) is 0.133. The molecule has 4 heteroatoms. The van der Waals surface area contributed by atoms with Gasteiger partial charge >= 0.3 is 0 Å². The van der Waals surface area contributed by atoms with Gasteiger partial charge in [-0.1, -0.05) is 12.1 Å². The molecule has 2 rings (SSSR count). The molecule has 0 fully saturated rings. The van der Waals surface area contributed by atoms with Crippen molar-refractivity contribution in [1.82, 2.24) is 0 Å². The lowest BCUT2D eigenvalue weighted by Crippen LogP contribution is -2.16. The molecule has 0 aliphatic heterocycles. The molecule has 2 aromatic carbocycles. The first-order valence-corrected chi connectivity index (χ1v) is 6.39. The Hall–Kier alpha value is -1.94. The molecule has 0 aromatic heterocycles. The molecule has 3 nitrogen and oxygen atoms in total. The van der Waals surface area contributed by atoms with Crippen LogP contribution >= 0.6 is 12.6 Å². The Kier molecular flexibility index (Phi) is 4.12. The molecule has 0 saturated carbocycles. The van der Waals surface area contributed by atoms with E-state index >= 15 is 0 Å². The van der Waals surface area contributed by atoms with Gasteiger partial charge in [-0.05, 0) is 36.4 Å². The number of hydrogen-bond acceptors (Lipinski definition) is 3. The zero-order chi connectivity index (χ0) is 13.8. The summed E-state index contributed by atoms with van der Waals surface area (Å²) in [5, 5.41) is 2.92. The summed E-state index contributed by atoms with van der Waals surface area (Å²) in [4.78, 5) is 14.9. The number of anilines is 2. The average molecular weight is 272 g/mol. The summed E-state index contributed by atoms with van der Waals surface area (Å²) in [5.41, 5.74) is 2.39. The van der Waals surface area contributed by atoms with E-state index in [1.54, 1.807) is 24.3 Å². The van der Waals surface area contributed by atoms with Crippen molar-refractivity contribution in [2.45, 2.75) is 4.90 Å². The molecule has 0 heterocycles. The number of benzene rings is 2. The summed E-state index contributed by atoms with van der Waals surface area (Å²) in [6, 6.07) is 14.8. The van der Waals surface area contributed by atoms with E-state index in [0.29, 0.717) is 5.56 Å². The maximum Gasteiger partial charge on any atom is 0.255 e. The van der Waals surface area contributed by atoms with Gasteiger partial charge in [-0.2, -0.15) is 0 Å². The van der Waals surface area contributed by atoms with E-state index in [4.69, 9.17) is 0 Å². The SMILES string of the molecule is CN(C)c1ccccc1NC(=O)c1ccc(S)cc1. The number of carbonyl (C=O) groups excluding carboxylic acids is 1. The first-order valence-electron chi connectivity index (χ1n) is 5.94. The van der Waals surface area contributed by atoms with Crippen molar-refractivity contribution in [1.29, 1.82) is 0 Å². The Morgan fingerprint density at radius 2 is 1.68 bits per heavy atom. The standard InChI is InChI=1S/C15H16N2OS/c1-17(2)14-6-4-3-5-13(14)16-15(18)11-7-9-12(19)10-8-11/h3-10,19H,1-2H3,(H,16,18). The Morgan fingerprint density at radius 3 is 2.32 bits per heavy atom. The second kappa shape index (κ2) is 5.80. The summed E-state index contributed by atoms with van der Waals surface area (Å²) >= 11 is 4.20. The van der Waals surface area contributed by atoms with Gasteiger partial charge in [-0.15, -0.1) is 12.6 Å². The van der Waals surface area contributed by atoms with E-state index in [1.165, 1.54) is 0 Å². The van der Waals surface area contributed by atoms with Crippen LogP contribution in [0.15, 0.2) is 53.4 Å². The predicted molar refractivity (Wildman–Crippen MR) is 82.4 cm³/mol. The Labute approximate surface area is 118 Å². The molecule has 0 aliphatic carbocycles. The highest BCUT2D eigenvalue weighted by molar-refractivity contribution is 7.80. The van der Waals surface area contributed by atoms with Crippen molar-refractivity contribution in [3.05, 3.63) is 54.1 Å². The molecule has 0 atom stereocenters. The summed E-state index contributed by atoms with van der Waals surface area (Å²) in [6.45, 7) is 0. The van der Waals surface area contributed by atoms with Crippen LogP contribution in [0.2, 0.25) is 0 Å². The molecule has 0 aliphatic rings. The van der Waals surface area contributed by atoms with E-state index < -0.39 is 0 Å². The van der Waals surface area contributed by atoms with Gasteiger partial charge in [0.15, 0.2) is 0 Å². The Bertz CT molecular complexity index is 579.